The Morgan fingerprint density at radius 1 is 1.64 bits per heavy atom. The Morgan fingerprint density at radius 3 is 2.91 bits per heavy atom. The van der Waals surface area contributed by atoms with E-state index in [-0.39, 0.29) is 0 Å². The first-order chi connectivity index (χ1) is 5.25. The Hall–Kier alpha value is 0.270. The highest BCUT2D eigenvalue weighted by Crippen LogP contribution is 2.21. The van der Waals surface area contributed by atoms with E-state index < -0.39 is 0 Å². The van der Waals surface area contributed by atoms with Gasteiger partial charge >= 0.3 is 0 Å². The lowest BCUT2D eigenvalue weighted by molar-refractivity contribution is 0.219. The van der Waals surface area contributed by atoms with Crippen LogP contribution in [0.1, 0.15) is 26.7 Å². The lowest BCUT2D eigenvalue weighted by atomic mass is 10.2. The van der Waals surface area contributed by atoms with Gasteiger partial charge in [0.2, 0.25) is 0 Å². The Morgan fingerprint density at radius 2 is 2.36 bits per heavy atom. The number of nitrogens with zero attached hydrogens (tertiary/aromatic N) is 1. The highest BCUT2D eigenvalue weighted by molar-refractivity contribution is 7.97. The van der Waals surface area contributed by atoms with Gasteiger partial charge in [0, 0.05) is 17.8 Å². The van der Waals surface area contributed by atoms with Crippen LogP contribution in [0.15, 0.2) is 0 Å². The van der Waals surface area contributed by atoms with E-state index in [1.807, 2.05) is 0 Å². The van der Waals surface area contributed by atoms with Crippen LogP contribution in [0.2, 0.25) is 0 Å². The Labute approximate surface area is 73.6 Å². The third kappa shape index (κ3) is 2.36. The van der Waals surface area contributed by atoms with Crippen molar-refractivity contribution in [1.29, 1.82) is 0 Å². The molecule has 0 radical (unpaired) electrons. The van der Waals surface area contributed by atoms with E-state index in [0.717, 1.165) is 11.8 Å². The molecule has 1 atom stereocenters. The normalized spacial score (nSPS) is 26.7. The van der Waals surface area contributed by atoms with Gasteiger partial charge in [0.25, 0.3) is 0 Å². The molecule has 0 bridgehead atoms. The van der Waals surface area contributed by atoms with Crippen LogP contribution < -0.4 is 5.14 Å². The molecule has 1 aliphatic heterocycles. The van der Waals surface area contributed by atoms with Gasteiger partial charge < -0.3 is 0 Å². The number of nitrogens with two attached hydrogens (primary N) is 1. The molecule has 2 nitrogen and oxygen atoms in total. The molecule has 1 aliphatic rings. The van der Waals surface area contributed by atoms with Gasteiger partial charge in [-0.2, -0.15) is 0 Å². The quantitative estimate of drug-likeness (QED) is 0.657. The second-order valence-corrected chi connectivity index (χ2v) is 4.13. The van der Waals surface area contributed by atoms with E-state index in [1.165, 1.54) is 31.3 Å². The number of likely N-dealkylation sites (tertiary alicyclic amines) is 1. The Kier molecular flexibility index (Phi) is 3.69. The highest BCUT2D eigenvalue weighted by Gasteiger charge is 2.25. The predicted octanol–water partition coefficient (Wildman–Crippen LogP) is 1.47. The summed E-state index contributed by atoms with van der Waals surface area (Å²) in [5.41, 5.74) is 0. The molecule has 2 N–H and O–H groups in total. The van der Waals surface area contributed by atoms with Crippen molar-refractivity contribution >= 4 is 11.9 Å². The lowest BCUT2D eigenvalue weighted by Crippen LogP contribution is -2.37. The molecule has 0 amide bonds. The van der Waals surface area contributed by atoms with Gasteiger partial charge in [-0.05, 0) is 33.2 Å². The highest BCUT2D eigenvalue weighted by atomic mass is 32.2. The molecule has 1 saturated heterocycles. The standard InChI is InChI=1S/C8H18N2S/c1-7(2)10-5-3-4-8(10)6-11-9/h7-8H,3-6,9H2,1-2H3. The maximum atomic E-state index is 5.46. The van der Waals surface area contributed by atoms with Gasteiger partial charge in [-0.15, -0.1) is 0 Å². The van der Waals surface area contributed by atoms with Crippen LogP contribution in [0.4, 0.5) is 0 Å². The van der Waals surface area contributed by atoms with Crippen molar-refractivity contribution in [2.75, 3.05) is 12.3 Å². The predicted molar refractivity (Wildman–Crippen MR) is 51.5 cm³/mol. The minimum absolute atomic E-state index is 0.689. The summed E-state index contributed by atoms with van der Waals surface area (Å²) in [6, 6.07) is 1.43. The Bertz CT molecular complexity index is 117. The van der Waals surface area contributed by atoms with E-state index >= 15 is 0 Å². The monoisotopic (exact) mass is 174 g/mol. The molecule has 0 saturated carbocycles. The number of hydrogen-bond donors (Lipinski definition) is 1. The average Bonchev–Trinajstić information content (AvgIpc) is 2.36. The molecule has 0 aromatic heterocycles. The van der Waals surface area contributed by atoms with Crippen molar-refractivity contribution in [3.63, 3.8) is 0 Å². The Balaban J connectivity index is 2.37. The lowest BCUT2D eigenvalue weighted by Gasteiger charge is -2.27. The molecule has 0 aliphatic carbocycles. The smallest absolute Gasteiger partial charge is 0.0233 e. The first kappa shape index (κ1) is 9.36. The van der Waals surface area contributed by atoms with Crippen molar-refractivity contribution in [2.45, 2.75) is 38.8 Å². The number of hydrogen-bond acceptors (Lipinski definition) is 3. The van der Waals surface area contributed by atoms with Crippen LogP contribution in [0.25, 0.3) is 0 Å². The summed E-state index contributed by atoms with van der Waals surface area (Å²) in [6.07, 6.45) is 2.69. The van der Waals surface area contributed by atoms with Crippen LogP contribution in [0.5, 0.6) is 0 Å². The molecule has 3 heteroatoms. The van der Waals surface area contributed by atoms with Crippen LogP contribution in [0, 0.1) is 0 Å². The molecule has 0 aromatic carbocycles. The van der Waals surface area contributed by atoms with E-state index in [4.69, 9.17) is 5.14 Å². The third-order valence-electron chi connectivity index (χ3n) is 2.37. The van der Waals surface area contributed by atoms with Crippen LogP contribution in [0.3, 0.4) is 0 Å². The first-order valence-electron chi connectivity index (χ1n) is 4.33. The molecule has 1 heterocycles. The summed E-state index contributed by atoms with van der Waals surface area (Å²) in [5.74, 6) is 1.10. The molecule has 0 aromatic rings. The van der Waals surface area contributed by atoms with Crippen LogP contribution in [-0.4, -0.2) is 29.3 Å². The third-order valence-corrected chi connectivity index (χ3v) is 2.95. The van der Waals surface area contributed by atoms with E-state index in [9.17, 15) is 0 Å². The van der Waals surface area contributed by atoms with E-state index in [0.29, 0.717) is 6.04 Å². The second-order valence-electron chi connectivity index (χ2n) is 3.46. The van der Waals surface area contributed by atoms with Crippen molar-refractivity contribution in [3.8, 4) is 0 Å². The molecular weight excluding hydrogens is 156 g/mol. The molecule has 66 valence electrons. The van der Waals surface area contributed by atoms with Gasteiger partial charge in [-0.1, -0.05) is 11.9 Å². The molecule has 0 spiro atoms. The number of rotatable bonds is 3. The zero-order valence-electron chi connectivity index (χ0n) is 7.42. The maximum absolute atomic E-state index is 5.46. The fraction of sp³-hybridized carbons (Fsp3) is 1.00. The van der Waals surface area contributed by atoms with E-state index in [2.05, 4.69) is 18.7 Å². The zero-order chi connectivity index (χ0) is 8.27. The van der Waals surface area contributed by atoms with Crippen LogP contribution in [-0.2, 0) is 0 Å². The van der Waals surface area contributed by atoms with Crippen molar-refractivity contribution < 1.29 is 0 Å². The summed E-state index contributed by atoms with van der Waals surface area (Å²) in [5, 5.41) is 5.46. The average molecular weight is 174 g/mol. The van der Waals surface area contributed by atoms with Gasteiger partial charge in [0.15, 0.2) is 0 Å². The summed E-state index contributed by atoms with van der Waals surface area (Å²) in [4.78, 5) is 2.56. The molecule has 1 fully saturated rings. The van der Waals surface area contributed by atoms with Crippen molar-refractivity contribution in [3.05, 3.63) is 0 Å². The molecule has 1 rings (SSSR count). The minimum Gasteiger partial charge on any atom is -0.297 e. The summed E-state index contributed by atoms with van der Waals surface area (Å²) < 4.78 is 0. The van der Waals surface area contributed by atoms with Gasteiger partial charge in [0.1, 0.15) is 0 Å². The first-order valence-corrected chi connectivity index (χ1v) is 5.38. The van der Waals surface area contributed by atoms with Crippen molar-refractivity contribution in [2.24, 2.45) is 5.14 Å². The van der Waals surface area contributed by atoms with Gasteiger partial charge in [-0.3, -0.25) is 10.0 Å². The second kappa shape index (κ2) is 4.33. The molecule has 11 heavy (non-hydrogen) atoms. The topological polar surface area (TPSA) is 29.3 Å². The van der Waals surface area contributed by atoms with E-state index in [1.54, 1.807) is 0 Å². The van der Waals surface area contributed by atoms with Crippen LogP contribution >= 0.6 is 11.9 Å². The summed E-state index contributed by atoms with van der Waals surface area (Å²) >= 11 is 1.48. The minimum atomic E-state index is 0.689. The molecule has 1 unspecified atom stereocenters. The zero-order valence-corrected chi connectivity index (χ0v) is 8.23. The summed E-state index contributed by atoms with van der Waals surface area (Å²) in [6.45, 7) is 5.79. The fourth-order valence-corrected chi connectivity index (χ4v) is 2.41. The largest absolute Gasteiger partial charge is 0.297 e. The maximum Gasteiger partial charge on any atom is 0.0233 e. The molecular formula is C8H18N2S. The van der Waals surface area contributed by atoms with Gasteiger partial charge in [0.05, 0.1) is 0 Å². The SMILES string of the molecule is CC(C)N1CCCC1CSN. The van der Waals surface area contributed by atoms with Gasteiger partial charge in [-0.25, -0.2) is 0 Å². The van der Waals surface area contributed by atoms with Crippen molar-refractivity contribution in [1.82, 2.24) is 4.90 Å². The summed E-state index contributed by atoms with van der Waals surface area (Å²) in [7, 11) is 0. The fourth-order valence-electron chi connectivity index (χ4n) is 1.83.